The molecule has 0 unspecified atom stereocenters. The third-order valence-corrected chi connectivity index (χ3v) is 3.57. The summed E-state index contributed by atoms with van der Waals surface area (Å²) in [6, 6.07) is 7.75. The lowest BCUT2D eigenvalue weighted by molar-refractivity contribution is 0.126. The average molecular weight is 250 g/mol. The molecule has 2 atom stereocenters. The molecule has 1 N–H and O–H groups in total. The van der Waals surface area contributed by atoms with Crippen LogP contribution >= 0.6 is 0 Å². The first-order chi connectivity index (χ1) is 8.56. The molecule has 3 heteroatoms. The predicted molar refractivity (Wildman–Crippen MR) is 73.0 cm³/mol. The van der Waals surface area contributed by atoms with Gasteiger partial charge < -0.3 is 5.32 Å². The minimum Gasteiger partial charge on any atom is -0.307 e. The Morgan fingerprint density at radius 3 is 2.61 bits per heavy atom. The molecule has 0 spiro atoms. The van der Waals surface area contributed by atoms with Gasteiger partial charge in [-0.25, -0.2) is 4.39 Å². The van der Waals surface area contributed by atoms with E-state index in [1.54, 1.807) is 12.1 Å². The highest BCUT2D eigenvalue weighted by molar-refractivity contribution is 5.21. The monoisotopic (exact) mass is 250 g/mol. The van der Waals surface area contributed by atoms with Gasteiger partial charge in [-0.15, -0.1) is 0 Å². The van der Waals surface area contributed by atoms with Crippen LogP contribution < -0.4 is 5.32 Å². The molecule has 1 heterocycles. The van der Waals surface area contributed by atoms with Crippen molar-refractivity contribution in [2.24, 2.45) is 5.92 Å². The summed E-state index contributed by atoms with van der Waals surface area (Å²) in [5.74, 6) is 0.515. The van der Waals surface area contributed by atoms with Crippen molar-refractivity contribution < 1.29 is 4.39 Å². The summed E-state index contributed by atoms with van der Waals surface area (Å²) in [4.78, 5) is 2.52. The van der Waals surface area contributed by atoms with Crippen LogP contribution in [0.5, 0.6) is 0 Å². The van der Waals surface area contributed by atoms with Crippen LogP contribution in [-0.4, -0.2) is 30.6 Å². The second kappa shape index (κ2) is 5.81. The van der Waals surface area contributed by atoms with Gasteiger partial charge in [0.15, 0.2) is 0 Å². The molecular weight excluding hydrogens is 227 g/mol. The topological polar surface area (TPSA) is 15.3 Å². The molecule has 1 fully saturated rings. The van der Waals surface area contributed by atoms with E-state index >= 15 is 0 Å². The van der Waals surface area contributed by atoms with E-state index in [2.05, 4.69) is 31.0 Å². The van der Waals surface area contributed by atoms with Gasteiger partial charge in [0.05, 0.1) is 0 Å². The van der Waals surface area contributed by atoms with Crippen LogP contribution in [0.2, 0.25) is 0 Å². The van der Waals surface area contributed by atoms with Crippen LogP contribution in [0.25, 0.3) is 0 Å². The number of halogens is 1. The lowest BCUT2D eigenvalue weighted by atomic mass is 10.0. The maximum absolute atomic E-state index is 12.9. The Morgan fingerprint density at radius 1 is 1.33 bits per heavy atom. The molecule has 0 aliphatic carbocycles. The van der Waals surface area contributed by atoms with Crippen molar-refractivity contribution in [2.75, 3.05) is 19.6 Å². The molecule has 0 bridgehead atoms. The fourth-order valence-electron chi connectivity index (χ4n) is 2.56. The van der Waals surface area contributed by atoms with Crippen LogP contribution in [0.3, 0.4) is 0 Å². The van der Waals surface area contributed by atoms with Crippen molar-refractivity contribution >= 4 is 0 Å². The van der Waals surface area contributed by atoms with Crippen LogP contribution in [0.4, 0.5) is 4.39 Å². The van der Waals surface area contributed by atoms with Gasteiger partial charge in [-0.3, -0.25) is 4.90 Å². The summed E-state index contributed by atoms with van der Waals surface area (Å²) in [5, 5.41) is 3.54. The van der Waals surface area contributed by atoms with E-state index in [1.807, 2.05) is 12.1 Å². The first-order valence-corrected chi connectivity index (χ1v) is 6.79. The number of hydrogen-bond acceptors (Lipinski definition) is 2. The van der Waals surface area contributed by atoms with Crippen LogP contribution in [0, 0.1) is 11.7 Å². The smallest absolute Gasteiger partial charge is 0.123 e. The third kappa shape index (κ3) is 3.30. The maximum Gasteiger partial charge on any atom is 0.123 e. The van der Waals surface area contributed by atoms with Gasteiger partial charge in [0.2, 0.25) is 0 Å². The largest absolute Gasteiger partial charge is 0.307 e. The predicted octanol–water partition coefficient (Wildman–Crippen LogP) is 2.82. The molecule has 0 aromatic heterocycles. The Labute approximate surface area is 109 Å². The van der Waals surface area contributed by atoms with Crippen molar-refractivity contribution in [1.82, 2.24) is 10.2 Å². The quantitative estimate of drug-likeness (QED) is 0.887. The van der Waals surface area contributed by atoms with Gasteiger partial charge in [0, 0.05) is 31.7 Å². The first-order valence-electron chi connectivity index (χ1n) is 6.79. The minimum atomic E-state index is -0.165. The second-order valence-electron chi connectivity index (χ2n) is 5.71. The first kappa shape index (κ1) is 13.5. The van der Waals surface area contributed by atoms with Crippen LogP contribution in [0.15, 0.2) is 24.3 Å². The number of hydrogen-bond donors (Lipinski definition) is 1. The minimum absolute atomic E-state index is 0.165. The maximum atomic E-state index is 12.9. The van der Waals surface area contributed by atoms with Crippen molar-refractivity contribution in [1.29, 1.82) is 0 Å². The SMILES string of the molecule is CC(C)CN1C[C@@H](c2ccc(F)cc2)NC[C@@H]1C. The van der Waals surface area contributed by atoms with Crippen LogP contribution in [-0.2, 0) is 0 Å². The number of piperazine rings is 1. The highest BCUT2D eigenvalue weighted by Crippen LogP contribution is 2.21. The Hall–Kier alpha value is -0.930. The zero-order valence-electron chi connectivity index (χ0n) is 11.5. The van der Waals surface area contributed by atoms with Gasteiger partial charge >= 0.3 is 0 Å². The summed E-state index contributed by atoms with van der Waals surface area (Å²) >= 11 is 0. The molecule has 1 aromatic carbocycles. The molecule has 1 aliphatic rings. The zero-order valence-corrected chi connectivity index (χ0v) is 11.5. The molecule has 0 saturated carbocycles. The van der Waals surface area contributed by atoms with Gasteiger partial charge in [0.1, 0.15) is 5.82 Å². The second-order valence-corrected chi connectivity index (χ2v) is 5.71. The van der Waals surface area contributed by atoms with Crippen molar-refractivity contribution in [3.63, 3.8) is 0 Å². The summed E-state index contributed by atoms with van der Waals surface area (Å²) in [7, 11) is 0. The number of benzene rings is 1. The number of rotatable bonds is 3. The Morgan fingerprint density at radius 2 is 2.00 bits per heavy atom. The van der Waals surface area contributed by atoms with Crippen molar-refractivity contribution in [2.45, 2.75) is 32.9 Å². The normalized spacial score (nSPS) is 25.6. The standard InChI is InChI=1S/C15H23FN2/c1-11(2)9-18-10-15(17-8-12(18)3)13-4-6-14(16)7-5-13/h4-7,11-12,15,17H,8-10H2,1-3H3/t12-,15-/m0/s1. The van der Waals surface area contributed by atoms with E-state index in [0.717, 1.165) is 19.6 Å². The van der Waals surface area contributed by atoms with Crippen LogP contribution in [0.1, 0.15) is 32.4 Å². The summed E-state index contributed by atoms with van der Waals surface area (Å²) in [6.45, 7) is 9.89. The Balaban J connectivity index is 2.04. The van der Waals surface area contributed by atoms with E-state index in [4.69, 9.17) is 0 Å². The fraction of sp³-hybridized carbons (Fsp3) is 0.600. The van der Waals surface area contributed by atoms with E-state index in [-0.39, 0.29) is 5.82 Å². The van der Waals surface area contributed by atoms with Gasteiger partial charge in [-0.1, -0.05) is 26.0 Å². The third-order valence-electron chi connectivity index (χ3n) is 3.57. The molecule has 1 aromatic rings. The van der Waals surface area contributed by atoms with Crippen molar-refractivity contribution in [3.05, 3.63) is 35.6 Å². The summed E-state index contributed by atoms with van der Waals surface area (Å²) in [5.41, 5.74) is 1.18. The van der Waals surface area contributed by atoms with Gasteiger partial charge in [-0.05, 0) is 30.5 Å². The molecule has 2 nitrogen and oxygen atoms in total. The zero-order chi connectivity index (χ0) is 13.1. The lowest BCUT2D eigenvalue weighted by Gasteiger charge is -2.39. The number of nitrogens with zero attached hydrogens (tertiary/aromatic N) is 1. The molecule has 1 saturated heterocycles. The molecule has 100 valence electrons. The lowest BCUT2D eigenvalue weighted by Crippen LogP contribution is -2.52. The molecule has 18 heavy (non-hydrogen) atoms. The summed E-state index contributed by atoms with van der Waals surface area (Å²) in [6.07, 6.45) is 0. The van der Waals surface area contributed by atoms with E-state index < -0.39 is 0 Å². The highest BCUT2D eigenvalue weighted by Gasteiger charge is 2.26. The van der Waals surface area contributed by atoms with Gasteiger partial charge in [-0.2, -0.15) is 0 Å². The number of nitrogens with one attached hydrogen (secondary N) is 1. The van der Waals surface area contributed by atoms with E-state index in [9.17, 15) is 4.39 Å². The molecule has 1 aliphatic heterocycles. The highest BCUT2D eigenvalue weighted by atomic mass is 19.1. The molecular formula is C15H23FN2. The molecule has 0 amide bonds. The summed E-state index contributed by atoms with van der Waals surface area (Å²) < 4.78 is 12.9. The Kier molecular flexibility index (Phi) is 4.36. The Bertz CT molecular complexity index is 375. The molecule has 2 rings (SSSR count). The average Bonchev–Trinajstić information content (AvgIpc) is 2.32. The fourth-order valence-corrected chi connectivity index (χ4v) is 2.56. The van der Waals surface area contributed by atoms with E-state index in [1.165, 1.54) is 5.56 Å². The van der Waals surface area contributed by atoms with Crippen molar-refractivity contribution in [3.8, 4) is 0 Å². The molecule has 0 radical (unpaired) electrons. The van der Waals surface area contributed by atoms with Gasteiger partial charge in [0.25, 0.3) is 0 Å². The van der Waals surface area contributed by atoms with E-state index in [0.29, 0.717) is 18.0 Å².